The number of allylic oxidation sites excluding steroid dienone is 1. The van der Waals surface area contributed by atoms with Gasteiger partial charge in [0.15, 0.2) is 0 Å². The van der Waals surface area contributed by atoms with E-state index in [9.17, 15) is 4.79 Å². The summed E-state index contributed by atoms with van der Waals surface area (Å²) in [7, 11) is 0. The second-order valence-electron chi connectivity index (χ2n) is 2.00. The monoisotopic (exact) mass is 144 g/mol. The molecule has 0 aliphatic rings. The molecule has 0 aromatic carbocycles. The van der Waals surface area contributed by atoms with Gasteiger partial charge < -0.3 is 4.79 Å². The molecule has 0 aromatic rings. The van der Waals surface area contributed by atoms with Crippen LogP contribution < -0.4 is 0 Å². The molecule has 0 unspecified atom stereocenters. The van der Waals surface area contributed by atoms with Crippen molar-refractivity contribution in [1.82, 2.24) is 0 Å². The Hall–Kier alpha value is -0.235. The van der Waals surface area contributed by atoms with Crippen LogP contribution >= 0.6 is 11.6 Å². The maximum atomic E-state index is 10.8. The molecule has 0 spiro atoms. The Bertz CT molecular complexity index is 122. The molecule has 0 N–H and O–H groups in total. The SMILES string of the molecule is CCB(C)C(=O)/C=C/Cl. The third-order valence-electron chi connectivity index (χ3n) is 1.33. The fourth-order valence-electron chi connectivity index (χ4n) is 0.428. The van der Waals surface area contributed by atoms with Crippen LogP contribution in [0.5, 0.6) is 0 Å². The van der Waals surface area contributed by atoms with Crippen molar-refractivity contribution in [3.8, 4) is 0 Å². The molecule has 50 valence electrons. The summed E-state index contributed by atoms with van der Waals surface area (Å²) in [6.45, 7) is 3.98. The van der Waals surface area contributed by atoms with Gasteiger partial charge in [-0.15, -0.1) is 0 Å². The number of carbonyl (C=O) groups is 1. The molecule has 0 aromatic heterocycles. The van der Waals surface area contributed by atoms with Crippen LogP contribution in [0.15, 0.2) is 11.6 Å². The van der Waals surface area contributed by atoms with Gasteiger partial charge in [-0.1, -0.05) is 31.7 Å². The van der Waals surface area contributed by atoms with Crippen molar-refractivity contribution < 1.29 is 4.79 Å². The third-order valence-corrected chi connectivity index (χ3v) is 1.45. The first-order valence-corrected chi connectivity index (χ1v) is 3.46. The summed E-state index contributed by atoms with van der Waals surface area (Å²) in [5.74, 6) is 0. The second kappa shape index (κ2) is 4.63. The fourth-order valence-corrected chi connectivity index (χ4v) is 0.552. The minimum absolute atomic E-state index is 0.104. The lowest BCUT2D eigenvalue weighted by Gasteiger charge is -1.95. The molecule has 0 bridgehead atoms. The zero-order chi connectivity index (χ0) is 7.28. The normalized spacial score (nSPS) is 10.1. The largest absolute Gasteiger partial charge is 0.306 e. The molecular weight excluding hydrogens is 134 g/mol. The Labute approximate surface area is 61.2 Å². The molecule has 0 saturated heterocycles. The molecule has 1 nitrogen and oxygen atoms in total. The lowest BCUT2D eigenvalue weighted by Crippen LogP contribution is -2.17. The van der Waals surface area contributed by atoms with Crippen molar-refractivity contribution in [3.63, 3.8) is 0 Å². The minimum atomic E-state index is 0.104. The topological polar surface area (TPSA) is 17.1 Å². The molecule has 0 heterocycles. The van der Waals surface area contributed by atoms with E-state index < -0.39 is 0 Å². The Morgan fingerprint density at radius 1 is 1.78 bits per heavy atom. The highest BCUT2D eigenvalue weighted by Gasteiger charge is 2.10. The molecule has 0 saturated carbocycles. The first-order chi connectivity index (χ1) is 4.22. The standard InChI is InChI=1S/C6H10BClO/c1-3-7(2)6(9)4-5-8/h4-5H,3H2,1-2H3/b5-4+. The maximum Gasteiger partial charge on any atom is 0.225 e. The smallest absolute Gasteiger partial charge is 0.225 e. The quantitative estimate of drug-likeness (QED) is 0.437. The molecule has 9 heavy (non-hydrogen) atoms. The minimum Gasteiger partial charge on any atom is -0.306 e. The lowest BCUT2D eigenvalue weighted by molar-refractivity contribution is -0.108. The molecular formula is C6H10BClO. The van der Waals surface area contributed by atoms with Gasteiger partial charge in [0.1, 0.15) is 5.68 Å². The summed E-state index contributed by atoms with van der Waals surface area (Å²) < 4.78 is 0. The average molecular weight is 144 g/mol. The van der Waals surface area contributed by atoms with Crippen molar-refractivity contribution in [2.24, 2.45) is 0 Å². The number of hydrogen-bond donors (Lipinski definition) is 0. The zero-order valence-electron chi connectivity index (χ0n) is 5.73. The number of rotatable bonds is 3. The van der Waals surface area contributed by atoms with E-state index in [-0.39, 0.29) is 12.4 Å². The van der Waals surface area contributed by atoms with E-state index in [0.29, 0.717) is 0 Å². The van der Waals surface area contributed by atoms with E-state index in [1.54, 1.807) is 0 Å². The van der Waals surface area contributed by atoms with Crippen molar-refractivity contribution in [2.45, 2.75) is 20.1 Å². The van der Waals surface area contributed by atoms with Gasteiger partial charge in [-0.2, -0.15) is 0 Å². The van der Waals surface area contributed by atoms with Crippen LogP contribution in [0.3, 0.4) is 0 Å². The van der Waals surface area contributed by atoms with Gasteiger partial charge in [0.25, 0.3) is 0 Å². The first-order valence-electron chi connectivity index (χ1n) is 3.03. The van der Waals surface area contributed by atoms with Crippen LogP contribution in [0.2, 0.25) is 13.1 Å². The number of hydrogen-bond acceptors (Lipinski definition) is 1. The second-order valence-corrected chi connectivity index (χ2v) is 2.26. The van der Waals surface area contributed by atoms with E-state index in [1.165, 1.54) is 11.6 Å². The molecule has 0 fully saturated rings. The van der Waals surface area contributed by atoms with Crippen LogP contribution in [0.25, 0.3) is 0 Å². The van der Waals surface area contributed by atoms with Crippen LogP contribution in [0.1, 0.15) is 6.92 Å². The van der Waals surface area contributed by atoms with Crippen LogP contribution in [-0.2, 0) is 4.79 Å². The summed E-state index contributed by atoms with van der Waals surface area (Å²) in [5.41, 5.74) is 1.36. The van der Waals surface area contributed by atoms with Crippen molar-refractivity contribution in [2.75, 3.05) is 0 Å². The van der Waals surface area contributed by atoms with E-state index in [0.717, 1.165) is 6.32 Å². The highest BCUT2D eigenvalue weighted by atomic mass is 35.5. The first kappa shape index (κ1) is 8.76. The average Bonchev–Trinajstić information content (AvgIpc) is 1.87. The summed E-state index contributed by atoms with van der Waals surface area (Å²) in [5, 5.41) is 0. The van der Waals surface area contributed by atoms with Crippen LogP contribution in [0.4, 0.5) is 0 Å². The molecule has 0 aliphatic heterocycles. The Morgan fingerprint density at radius 3 is 2.67 bits per heavy atom. The predicted octanol–water partition coefficient (Wildman–Crippen LogP) is 1.99. The van der Waals surface area contributed by atoms with Gasteiger partial charge in [0.05, 0.1) is 0 Å². The zero-order valence-corrected chi connectivity index (χ0v) is 6.48. The summed E-state index contributed by atoms with van der Waals surface area (Å²) in [6, 6.07) is 0. The van der Waals surface area contributed by atoms with Crippen molar-refractivity contribution >= 4 is 24.0 Å². The fraction of sp³-hybridized carbons (Fsp3) is 0.500. The van der Waals surface area contributed by atoms with Crippen molar-refractivity contribution in [3.05, 3.63) is 11.6 Å². The molecule has 0 amide bonds. The van der Waals surface area contributed by atoms with E-state index in [2.05, 4.69) is 0 Å². The van der Waals surface area contributed by atoms with Crippen LogP contribution in [0, 0.1) is 0 Å². The molecule has 0 aliphatic carbocycles. The summed E-state index contributed by atoms with van der Waals surface area (Å²) in [6.07, 6.45) is 2.27. The van der Waals surface area contributed by atoms with Gasteiger partial charge in [-0.3, -0.25) is 0 Å². The third kappa shape index (κ3) is 3.36. The molecule has 0 radical (unpaired) electrons. The summed E-state index contributed by atoms with van der Waals surface area (Å²) in [4.78, 5) is 10.8. The Morgan fingerprint density at radius 2 is 2.33 bits per heavy atom. The Balaban J connectivity index is 3.73. The van der Waals surface area contributed by atoms with E-state index in [1.807, 2.05) is 13.7 Å². The van der Waals surface area contributed by atoms with Gasteiger partial charge in [0, 0.05) is 5.54 Å². The lowest BCUT2D eigenvalue weighted by atomic mass is 9.47. The number of halogens is 1. The molecule has 0 rings (SSSR count). The van der Waals surface area contributed by atoms with Gasteiger partial charge in [0.2, 0.25) is 6.71 Å². The van der Waals surface area contributed by atoms with Gasteiger partial charge >= 0.3 is 0 Å². The Kier molecular flexibility index (Phi) is 4.50. The van der Waals surface area contributed by atoms with Gasteiger partial charge in [-0.05, 0) is 6.08 Å². The van der Waals surface area contributed by atoms with Crippen LogP contribution in [-0.4, -0.2) is 12.4 Å². The maximum absolute atomic E-state index is 10.8. The van der Waals surface area contributed by atoms with Gasteiger partial charge in [-0.25, -0.2) is 0 Å². The highest BCUT2D eigenvalue weighted by molar-refractivity contribution is 6.91. The number of carbonyl (C=O) groups excluding carboxylic acids is 1. The predicted molar refractivity (Wildman–Crippen MR) is 42.1 cm³/mol. The van der Waals surface area contributed by atoms with E-state index >= 15 is 0 Å². The van der Waals surface area contributed by atoms with Crippen molar-refractivity contribution in [1.29, 1.82) is 0 Å². The molecule has 3 heteroatoms. The summed E-state index contributed by atoms with van der Waals surface area (Å²) >= 11 is 5.20. The molecule has 0 atom stereocenters. The highest BCUT2D eigenvalue weighted by Crippen LogP contribution is 1.93. The van der Waals surface area contributed by atoms with E-state index in [4.69, 9.17) is 11.6 Å².